The van der Waals surface area contributed by atoms with Gasteiger partial charge in [-0.2, -0.15) is 0 Å². The van der Waals surface area contributed by atoms with Gasteiger partial charge in [0.2, 0.25) is 0 Å². The Morgan fingerprint density at radius 2 is 2.09 bits per heavy atom. The molecule has 0 aromatic carbocycles. The van der Waals surface area contributed by atoms with E-state index in [9.17, 15) is 0 Å². The lowest BCUT2D eigenvalue weighted by molar-refractivity contribution is 0.175. The maximum Gasteiger partial charge on any atom is 0.0585 e. The molecule has 1 saturated carbocycles. The predicted octanol–water partition coefficient (Wildman–Crippen LogP) is -0.128. The van der Waals surface area contributed by atoms with Gasteiger partial charge in [0.25, 0.3) is 0 Å². The maximum absolute atomic E-state index is 8.85. The van der Waals surface area contributed by atoms with E-state index in [1.165, 1.54) is 19.3 Å². The highest BCUT2D eigenvalue weighted by atomic mass is 16.3. The van der Waals surface area contributed by atoms with Crippen LogP contribution in [0.4, 0.5) is 0 Å². The number of aliphatic hydroxyl groups is 2. The fourth-order valence-corrected chi connectivity index (χ4v) is 1.29. The lowest BCUT2D eigenvalue weighted by atomic mass is 9.92. The Bertz CT molecular complexity index is 104. The van der Waals surface area contributed by atoms with E-state index >= 15 is 0 Å². The first-order chi connectivity index (χ1) is 5.36. The van der Waals surface area contributed by atoms with Gasteiger partial charge in [-0.25, -0.2) is 0 Å². The second-order valence-corrected chi connectivity index (χ2v) is 3.19. The van der Waals surface area contributed by atoms with Crippen LogP contribution in [-0.2, 0) is 0 Å². The van der Waals surface area contributed by atoms with Gasteiger partial charge in [-0.1, -0.05) is 6.42 Å². The molecule has 66 valence electrons. The Morgan fingerprint density at radius 1 is 1.36 bits per heavy atom. The second kappa shape index (κ2) is 4.70. The Hall–Kier alpha value is -0.120. The molecule has 0 aromatic heterocycles. The number of aliphatic hydroxyl groups excluding tert-OH is 2. The third kappa shape index (κ3) is 2.77. The molecule has 0 aliphatic heterocycles. The summed E-state index contributed by atoms with van der Waals surface area (Å²) in [4.78, 5) is 0. The zero-order valence-electron chi connectivity index (χ0n) is 6.79. The number of nitrogens with one attached hydrogen (secondary N) is 1. The molecule has 1 fully saturated rings. The molecule has 1 aliphatic rings. The minimum Gasteiger partial charge on any atom is -0.396 e. The molecule has 3 nitrogen and oxygen atoms in total. The summed E-state index contributed by atoms with van der Waals surface area (Å²) < 4.78 is 0. The first-order valence-electron chi connectivity index (χ1n) is 4.34. The van der Waals surface area contributed by atoms with E-state index in [1.807, 2.05) is 0 Å². The van der Waals surface area contributed by atoms with Crippen molar-refractivity contribution in [3.8, 4) is 0 Å². The van der Waals surface area contributed by atoms with Gasteiger partial charge in [0.1, 0.15) is 0 Å². The van der Waals surface area contributed by atoms with Crippen molar-refractivity contribution in [3.63, 3.8) is 0 Å². The molecule has 0 spiro atoms. The van der Waals surface area contributed by atoms with E-state index < -0.39 is 0 Å². The van der Waals surface area contributed by atoms with Gasteiger partial charge in [-0.05, 0) is 19.3 Å². The first kappa shape index (κ1) is 8.97. The van der Waals surface area contributed by atoms with Crippen LogP contribution in [-0.4, -0.2) is 35.5 Å². The van der Waals surface area contributed by atoms with Crippen LogP contribution in [0.5, 0.6) is 0 Å². The first-order valence-corrected chi connectivity index (χ1v) is 4.34. The number of hydrogen-bond donors (Lipinski definition) is 3. The average molecular weight is 159 g/mol. The van der Waals surface area contributed by atoms with E-state index in [4.69, 9.17) is 10.2 Å². The van der Waals surface area contributed by atoms with Crippen molar-refractivity contribution in [2.75, 3.05) is 13.2 Å². The third-order valence-electron chi connectivity index (χ3n) is 2.27. The van der Waals surface area contributed by atoms with E-state index in [0.29, 0.717) is 12.5 Å². The molecule has 1 atom stereocenters. The summed E-state index contributed by atoms with van der Waals surface area (Å²) >= 11 is 0. The molecular weight excluding hydrogens is 142 g/mol. The molecule has 1 unspecified atom stereocenters. The van der Waals surface area contributed by atoms with Crippen LogP contribution in [0.15, 0.2) is 0 Å². The smallest absolute Gasteiger partial charge is 0.0585 e. The summed E-state index contributed by atoms with van der Waals surface area (Å²) in [5.41, 5.74) is 0. The van der Waals surface area contributed by atoms with E-state index in [1.54, 1.807) is 0 Å². The molecule has 0 amide bonds. The zero-order valence-corrected chi connectivity index (χ0v) is 6.79. The number of rotatable bonds is 5. The highest BCUT2D eigenvalue weighted by molar-refractivity contribution is 4.80. The fourth-order valence-electron chi connectivity index (χ4n) is 1.29. The summed E-state index contributed by atoms with van der Waals surface area (Å²) in [6.45, 7) is 0.294. The van der Waals surface area contributed by atoms with Crippen LogP contribution in [0.25, 0.3) is 0 Å². The van der Waals surface area contributed by atoms with Gasteiger partial charge in [-0.15, -0.1) is 0 Å². The highest BCUT2D eigenvalue weighted by Crippen LogP contribution is 2.18. The minimum absolute atomic E-state index is 0.102. The lowest BCUT2D eigenvalue weighted by Crippen LogP contribution is -2.44. The molecule has 11 heavy (non-hydrogen) atoms. The summed E-state index contributed by atoms with van der Waals surface area (Å²) in [6.07, 6.45) is 4.41. The Labute approximate surface area is 67.4 Å². The van der Waals surface area contributed by atoms with Crippen LogP contribution in [0.3, 0.4) is 0 Å². The van der Waals surface area contributed by atoms with Gasteiger partial charge in [-0.3, -0.25) is 0 Å². The quantitative estimate of drug-likeness (QED) is 0.524. The zero-order chi connectivity index (χ0) is 8.10. The SMILES string of the molecule is OCCC(CO)NC1CCC1. The van der Waals surface area contributed by atoms with Gasteiger partial charge >= 0.3 is 0 Å². The normalized spacial score (nSPS) is 21.3. The van der Waals surface area contributed by atoms with Gasteiger partial charge in [0.05, 0.1) is 6.61 Å². The largest absolute Gasteiger partial charge is 0.396 e. The van der Waals surface area contributed by atoms with Gasteiger partial charge in [0.15, 0.2) is 0 Å². The van der Waals surface area contributed by atoms with E-state index in [2.05, 4.69) is 5.32 Å². The standard InChI is InChI=1S/C8H17NO2/c10-5-4-8(6-11)9-7-2-1-3-7/h7-11H,1-6H2. The van der Waals surface area contributed by atoms with Crippen molar-refractivity contribution in [2.24, 2.45) is 0 Å². The summed E-state index contributed by atoms with van der Waals surface area (Å²) in [6, 6.07) is 0.698. The van der Waals surface area contributed by atoms with E-state index in [0.717, 1.165) is 0 Å². The van der Waals surface area contributed by atoms with Gasteiger partial charge in [0, 0.05) is 18.7 Å². The van der Waals surface area contributed by atoms with Crippen LogP contribution in [0, 0.1) is 0 Å². The van der Waals surface area contributed by atoms with Crippen molar-refractivity contribution in [2.45, 2.75) is 37.8 Å². The van der Waals surface area contributed by atoms with Crippen LogP contribution < -0.4 is 5.32 Å². The lowest BCUT2D eigenvalue weighted by Gasteiger charge is -2.30. The van der Waals surface area contributed by atoms with Crippen molar-refractivity contribution in [1.82, 2.24) is 5.32 Å². The Morgan fingerprint density at radius 3 is 2.45 bits per heavy atom. The van der Waals surface area contributed by atoms with Gasteiger partial charge < -0.3 is 15.5 Å². The Balaban J connectivity index is 2.08. The Kier molecular flexibility index (Phi) is 3.83. The summed E-state index contributed by atoms with van der Waals surface area (Å²) in [5, 5.41) is 20.8. The maximum atomic E-state index is 8.85. The van der Waals surface area contributed by atoms with Crippen LogP contribution in [0.2, 0.25) is 0 Å². The molecule has 1 rings (SSSR count). The van der Waals surface area contributed by atoms with E-state index in [-0.39, 0.29) is 19.3 Å². The van der Waals surface area contributed by atoms with Crippen LogP contribution >= 0.6 is 0 Å². The topological polar surface area (TPSA) is 52.5 Å². The summed E-state index contributed by atoms with van der Waals surface area (Å²) in [5.74, 6) is 0. The molecule has 0 saturated heterocycles. The highest BCUT2D eigenvalue weighted by Gasteiger charge is 2.19. The molecule has 3 N–H and O–H groups in total. The molecular formula is C8H17NO2. The molecule has 1 aliphatic carbocycles. The van der Waals surface area contributed by atoms with Crippen molar-refractivity contribution in [3.05, 3.63) is 0 Å². The molecule has 0 heterocycles. The van der Waals surface area contributed by atoms with Crippen molar-refractivity contribution >= 4 is 0 Å². The molecule has 0 bridgehead atoms. The predicted molar refractivity (Wildman–Crippen MR) is 43.4 cm³/mol. The summed E-state index contributed by atoms with van der Waals surface area (Å²) in [7, 11) is 0. The average Bonchev–Trinajstić information content (AvgIpc) is 1.94. The van der Waals surface area contributed by atoms with Crippen molar-refractivity contribution in [1.29, 1.82) is 0 Å². The van der Waals surface area contributed by atoms with Crippen LogP contribution in [0.1, 0.15) is 25.7 Å². The fraction of sp³-hybridized carbons (Fsp3) is 1.00. The minimum atomic E-state index is 0.102. The van der Waals surface area contributed by atoms with Crippen molar-refractivity contribution < 1.29 is 10.2 Å². The number of hydrogen-bond acceptors (Lipinski definition) is 3. The molecule has 3 heteroatoms. The molecule has 0 aromatic rings. The second-order valence-electron chi connectivity index (χ2n) is 3.19. The monoisotopic (exact) mass is 159 g/mol. The molecule has 0 radical (unpaired) electrons. The third-order valence-corrected chi connectivity index (χ3v) is 2.27.